The molecule has 0 aromatic heterocycles. The summed E-state index contributed by atoms with van der Waals surface area (Å²) in [6.45, 7) is 0. The van der Waals surface area contributed by atoms with Gasteiger partial charge in [-0.1, -0.05) is 316 Å². The molecular weight excluding hydrogens is 2000 g/mol. The number of alkyl halides is 15. The molecule has 0 spiro atoms. The second-order valence-corrected chi connectivity index (χ2v) is 48.8. The molecule has 1 atom stereocenters. The summed E-state index contributed by atoms with van der Waals surface area (Å²) in [4.78, 5) is 0. The fourth-order valence-electron chi connectivity index (χ4n) is 0.958. The second kappa shape index (κ2) is 12.0. The van der Waals surface area contributed by atoms with E-state index < -0.39 is 5.04 Å². The van der Waals surface area contributed by atoms with Crippen LogP contribution in [0.1, 0.15) is 0 Å². The largest absolute Gasteiger partial charge is 0.374 e. The van der Waals surface area contributed by atoms with Crippen molar-refractivity contribution in [1.29, 1.82) is 0 Å². The smallest absolute Gasteiger partial charge is 0.173 e. The molecule has 0 rings (SSSR count). The first kappa shape index (κ1) is 33.9. The van der Waals surface area contributed by atoms with Crippen LogP contribution < -0.4 is 0 Å². The summed E-state index contributed by atoms with van der Waals surface area (Å²) >= 11 is 37.2. The third kappa shape index (κ3) is 7.46. The van der Waals surface area contributed by atoms with Gasteiger partial charge in [0.2, 0.25) is 0 Å². The SMILES string of the molecule is OC(I)(C(I)(I)I)C(I)(I)C(I)(I)C(I)(I)C(I)(I)C(I)(I)I. The zero-order valence-electron chi connectivity index (χ0n) is 9.62. The van der Waals surface area contributed by atoms with E-state index in [9.17, 15) is 5.11 Å². The fraction of sp³-hybridized carbons (Fsp3) is 1.00. The summed E-state index contributed by atoms with van der Waals surface area (Å²) in [6.07, 6.45) is 0. The van der Waals surface area contributed by atoms with Gasteiger partial charge < -0.3 is 5.11 Å². The number of aliphatic hydroxyl groups is 1. The summed E-state index contributed by atoms with van der Waals surface area (Å²) in [5.74, 6) is 0. The Morgan fingerprint density at radius 1 is 0.348 bits per heavy atom. The van der Waals surface area contributed by atoms with Crippen molar-refractivity contribution in [2.24, 2.45) is 0 Å². The molecule has 0 aromatic rings. The van der Waals surface area contributed by atoms with Crippen molar-refractivity contribution in [3.8, 4) is 0 Å². The zero-order chi connectivity index (χ0) is 19.5. The van der Waals surface area contributed by atoms with Crippen LogP contribution in [0.15, 0.2) is 0 Å². The molecule has 1 N–H and O–H groups in total. The Morgan fingerprint density at radius 3 is 0.826 bits per heavy atom. The quantitative estimate of drug-likeness (QED) is 0.208. The van der Waals surface area contributed by atoms with Gasteiger partial charge in [-0.3, -0.25) is 0 Å². The molecular formula is C7HI15O. The van der Waals surface area contributed by atoms with Crippen LogP contribution in [-0.4, -0.2) is 13.3 Å². The maximum absolute atomic E-state index is 11.5. The highest BCUT2D eigenvalue weighted by Gasteiger charge is 2.74. The number of hydrogen-bond acceptors (Lipinski definition) is 1. The maximum atomic E-state index is 11.5. The van der Waals surface area contributed by atoms with Crippen LogP contribution in [0.2, 0.25) is 0 Å². The third-order valence-corrected chi connectivity index (χ3v) is 45.3. The van der Waals surface area contributed by atoms with Gasteiger partial charge in [-0.25, -0.2) is 0 Å². The molecule has 140 valence electrons. The molecule has 16 heteroatoms. The van der Waals surface area contributed by atoms with Gasteiger partial charge in [0.1, 0.15) is 5.15 Å². The highest BCUT2D eigenvalue weighted by Crippen LogP contribution is 2.76. The summed E-state index contributed by atoms with van der Waals surface area (Å²) < 4.78 is -2.08. The monoisotopic (exact) mass is 2000 g/mol. The molecule has 1 unspecified atom stereocenters. The Labute approximate surface area is 341 Å². The minimum absolute atomic E-state index is 0.0220. The van der Waals surface area contributed by atoms with Gasteiger partial charge in [0.25, 0.3) is 0 Å². The highest BCUT2D eigenvalue weighted by molar-refractivity contribution is 14.3. The van der Waals surface area contributed by atoms with Crippen LogP contribution in [0.4, 0.5) is 0 Å². The van der Waals surface area contributed by atoms with E-state index in [1.807, 2.05) is 0 Å². The van der Waals surface area contributed by atoms with E-state index in [1.54, 1.807) is 0 Å². The molecule has 0 aromatic carbocycles. The van der Waals surface area contributed by atoms with Crippen molar-refractivity contribution in [2.75, 3.05) is 0 Å². The van der Waals surface area contributed by atoms with Crippen molar-refractivity contribution in [2.45, 2.75) is 8.19 Å². The van der Waals surface area contributed by atoms with E-state index in [1.165, 1.54) is 0 Å². The maximum Gasteiger partial charge on any atom is 0.173 e. The van der Waals surface area contributed by atoms with Crippen LogP contribution in [0, 0.1) is 0 Å². The lowest BCUT2D eigenvalue weighted by Crippen LogP contribution is -2.66. The van der Waals surface area contributed by atoms with Gasteiger partial charge in [-0.05, 0) is 22.6 Å². The summed E-state index contributed by atoms with van der Waals surface area (Å²) in [7, 11) is 0. The van der Waals surface area contributed by atoms with Gasteiger partial charge in [0.05, 0.1) is 0 Å². The van der Waals surface area contributed by atoms with Crippen LogP contribution >= 0.6 is 339 Å². The molecule has 0 fully saturated rings. The lowest BCUT2D eigenvalue weighted by atomic mass is 10.1. The van der Waals surface area contributed by atoms with Crippen LogP contribution in [0.25, 0.3) is 0 Å². The van der Waals surface area contributed by atoms with Gasteiger partial charge >= 0.3 is 0 Å². The Morgan fingerprint density at radius 2 is 0.609 bits per heavy atom. The van der Waals surface area contributed by atoms with E-state index in [0.717, 1.165) is 0 Å². The van der Waals surface area contributed by atoms with E-state index in [-0.39, 0.29) is 3.16 Å². The minimum Gasteiger partial charge on any atom is -0.374 e. The second-order valence-electron chi connectivity index (χ2n) is 3.92. The van der Waals surface area contributed by atoms with Crippen molar-refractivity contribution < 1.29 is 5.11 Å². The van der Waals surface area contributed by atoms with Crippen molar-refractivity contribution in [1.82, 2.24) is 0 Å². The van der Waals surface area contributed by atoms with Gasteiger partial charge in [-0.2, -0.15) is 0 Å². The molecule has 0 aliphatic heterocycles. The summed E-state index contributed by atoms with van der Waals surface area (Å²) in [6, 6.07) is 0. The molecule has 0 saturated carbocycles. The standard InChI is InChI=1S/C7HI15O/c8-1(9,2(10,11)4(14,15)6(17,18)19)3(12,13)5(16,23)7(20,21)22/h23H. The van der Waals surface area contributed by atoms with E-state index >= 15 is 0 Å². The molecule has 0 radical (unpaired) electrons. The lowest BCUT2D eigenvalue weighted by molar-refractivity contribution is 0.172. The predicted molar refractivity (Wildman–Crippen MR) is 232 cm³/mol. The van der Waals surface area contributed by atoms with Crippen LogP contribution in [0.3, 0.4) is 0 Å². The Kier molecular flexibility index (Phi) is 17.6. The first-order valence-electron chi connectivity index (χ1n) is 4.56. The van der Waals surface area contributed by atoms with Gasteiger partial charge in [-0.15, -0.1) is 0 Å². The zero-order valence-corrected chi connectivity index (χ0v) is 42.0. The topological polar surface area (TPSA) is 20.2 Å². The van der Waals surface area contributed by atoms with E-state index in [0.29, 0.717) is 0 Å². The third-order valence-electron chi connectivity index (χ3n) is 2.33. The predicted octanol–water partition coefficient (Wildman–Crippen LogP) is 11.3. The molecule has 1 nitrogen and oxygen atoms in total. The molecule has 0 heterocycles. The average molecular weight is 2000 g/mol. The number of halogens is 15. The van der Waals surface area contributed by atoms with Crippen LogP contribution in [-0.2, 0) is 0 Å². The summed E-state index contributed by atoms with van der Waals surface area (Å²) in [5.41, 5.74) is 0. The first-order valence-corrected chi connectivity index (χ1v) is 20.7. The Bertz CT molecular complexity index is 400. The first-order chi connectivity index (χ1) is 9.50. The molecule has 0 amide bonds. The van der Waals surface area contributed by atoms with Gasteiger partial charge in [0, 0.05) is 0 Å². The average Bonchev–Trinajstić information content (AvgIpc) is 2.24. The minimum atomic E-state index is -0.918. The summed E-state index contributed by atoms with van der Waals surface area (Å²) in [5, 5.41) is 11.5. The van der Waals surface area contributed by atoms with Crippen molar-refractivity contribution in [3.63, 3.8) is 0 Å². The lowest BCUT2D eigenvalue weighted by Gasteiger charge is -2.55. The molecule has 0 bridgehead atoms. The van der Waals surface area contributed by atoms with E-state index in [4.69, 9.17) is 0 Å². The normalized spacial score (nSPS) is 18.8. The number of hydrogen-bond donors (Lipinski definition) is 1. The molecule has 0 aliphatic carbocycles. The molecule has 0 aliphatic rings. The Hall–Kier alpha value is 10.9. The molecule has 0 saturated heterocycles. The van der Waals surface area contributed by atoms with Gasteiger partial charge in [0.15, 0.2) is 3.04 Å². The van der Waals surface area contributed by atoms with E-state index in [2.05, 4.69) is 339 Å². The van der Waals surface area contributed by atoms with Crippen LogP contribution in [0.5, 0.6) is 0 Å². The highest BCUT2D eigenvalue weighted by atomic mass is 127. The molecule has 23 heavy (non-hydrogen) atoms. The fourth-order valence-corrected chi connectivity index (χ4v) is 20.8. The number of rotatable bonds is 6. The van der Waals surface area contributed by atoms with Crippen molar-refractivity contribution >= 4 is 339 Å². The van der Waals surface area contributed by atoms with Crippen molar-refractivity contribution in [3.05, 3.63) is 0 Å². The Balaban J connectivity index is 6.37.